The van der Waals surface area contributed by atoms with Crippen molar-refractivity contribution in [2.24, 2.45) is 11.8 Å². The number of hydrogen-bond donors (Lipinski definition) is 1. The van der Waals surface area contributed by atoms with Crippen LogP contribution in [0.15, 0.2) is 53.4 Å². The van der Waals surface area contributed by atoms with E-state index in [1.165, 1.54) is 18.2 Å². The number of halogens is 2. The molecular weight excluding hydrogens is 513 g/mol. The van der Waals surface area contributed by atoms with Gasteiger partial charge in [-0.05, 0) is 93.3 Å². The van der Waals surface area contributed by atoms with E-state index in [2.05, 4.69) is 16.3 Å². The molecule has 9 heteroatoms. The van der Waals surface area contributed by atoms with E-state index in [9.17, 15) is 22.9 Å². The maximum atomic E-state index is 13.5. The van der Waals surface area contributed by atoms with Crippen LogP contribution in [0.1, 0.15) is 50.0 Å². The summed E-state index contributed by atoms with van der Waals surface area (Å²) in [7, 11) is -3.72. The van der Waals surface area contributed by atoms with Crippen molar-refractivity contribution in [2.45, 2.75) is 60.1 Å². The number of nitriles is 1. The molecule has 1 N–H and O–H groups in total. The van der Waals surface area contributed by atoms with Crippen LogP contribution in [0.5, 0.6) is 0 Å². The van der Waals surface area contributed by atoms with Crippen molar-refractivity contribution in [1.29, 1.82) is 5.26 Å². The number of likely N-dealkylation sites (tertiary alicyclic amines) is 1. The highest BCUT2D eigenvalue weighted by atomic mass is 35.5. The summed E-state index contributed by atoms with van der Waals surface area (Å²) in [6, 6.07) is 15.3. The Bertz CT molecular complexity index is 1300. The Morgan fingerprint density at radius 2 is 1.78 bits per heavy atom. The van der Waals surface area contributed by atoms with Crippen LogP contribution < -0.4 is 5.32 Å². The van der Waals surface area contributed by atoms with Crippen LogP contribution in [0.4, 0.5) is 4.39 Å². The number of carbonyl (C=O) groups is 1. The minimum atomic E-state index is -3.72. The molecule has 0 bridgehead atoms. The van der Waals surface area contributed by atoms with Gasteiger partial charge in [-0.15, -0.1) is 0 Å². The lowest BCUT2D eigenvalue weighted by atomic mass is 9.88. The molecule has 6 nitrogen and oxygen atoms in total. The van der Waals surface area contributed by atoms with Crippen LogP contribution >= 0.6 is 11.6 Å². The minimum Gasteiger partial charge on any atom is -0.338 e. The smallest absolute Gasteiger partial charge is 0.224 e. The summed E-state index contributed by atoms with van der Waals surface area (Å²) < 4.78 is 40.4. The number of benzene rings is 2. The Morgan fingerprint density at radius 1 is 1.11 bits per heavy atom. The molecule has 1 amide bonds. The topological polar surface area (TPSA) is 90.3 Å². The van der Waals surface area contributed by atoms with E-state index in [1.54, 1.807) is 18.2 Å². The van der Waals surface area contributed by atoms with Crippen molar-refractivity contribution in [3.63, 3.8) is 0 Å². The maximum Gasteiger partial charge on any atom is 0.224 e. The molecule has 0 aromatic heterocycles. The van der Waals surface area contributed by atoms with Gasteiger partial charge in [-0.2, -0.15) is 5.26 Å². The van der Waals surface area contributed by atoms with Crippen LogP contribution in [-0.4, -0.2) is 49.6 Å². The van der Waals surface area contributed by atoms with Gasteiger partial charge in [0, 0.05) is 12.5 Å². The van der Waals surface area contributed by atoms with Gasteiger partial charge in [0.25, 0.3) is 0 Å². The first-order chi connectivity index (χ1) is 17.7. The lowest BCUT2D eigenvalue weighted by molar-refractivity contribution is -0.126. The summed E-state index contributed by atoms with van der Waals surface area (Å²) >= 11 is 6.24. The third-order valence-electron chi connectivity index (χ3n) is 8.32. The third-order valence-corrected chi connectivity index (χ3v) is 11.0. The number of carbonyl (C=O) groups excluding carboxylic acids is 1. The zero-order valence-corrected chi connectivity index (χ0v) is 22.1. The molecule has 3 aliphatic rings. The summed E-state index contributed by atoms with van der Waals surface area (Å²) in [5.41, 5.74) is 0.339. The zero-order chi connectivity index (χ0) is 26.2. The molecule has 2 aromatic rings. The molecule has 0 unspecified atom stereocenters. The second-order valence-electron chi connectivity index (χ2n) is 10.7. The van der Waals surface area contributed by atoms with Gasteiger partial charge in [-0.25, -0.2) is 12.8 Å². The molecular formula is C28H31ClFN3O3S. The summed E-state index contributed by atoms with van der Waals surface area (Å²) in [5, 5.41) is 11.9. The van der Waals surface area contributed by atoms with Crippen molar-refractivity contribution in [2.75, 3.05) is 19.6 Å². The van der Waals surface area contributed by atoms with Crippen molar-refractivity contribution in [3.05, 3.63) is 64.9 Å². The highest BCUT2D eigenvalue weighted by Crippen LogP contribution is 2.42. The Kier molecular flexibility index (Phi) is 7.32. The number of sulfone groups is 1. The van der Waals surface area contributed by atoms with Crippen molar-refractivity contribution in [3.8, 4) is 6.07 Å². The first-order valence-electron chi connectivity index (χ1n) is 12.9. The van der Waals surface area contributed by atoms with Gasteiger partial charge in [0.1, 0.15) is 11.4 Å². The SMILES string of the molecule is N#CC1(NC(=O)[C@@H]2C[C@H](S(=O)(=O)c3ccccc3Cl)C[C@H]2CN2CCC(c3ccc(F)cc3)CC2)CC1. The monoisotopic (exact) mass is 543 g/mol. The molecule has 37 heavy (non-hydrogen) atoms. The van der Waals surface area contributed by atoms with Gasteiger partial charge in [0.2, 0.25) is 5.91 Å². The largest absolute Gasteiger partial charge is 0.338 e. The van der Waals surface area contributed by atoms with Crippen molar-refractivity contribution >= 4 is 27.3 Å². The number of nitrogens with zero attached hydrogens (tertiary/aromatic N) is 2. The highest BCUT2D eigenvalue weighted by molar-refractivity contribution is 7.92. The van der Waals surface area contributed by atoms with E-state index >= 15 is 0 Å². The fraction of sp³-hybridized carbons (Fsp3) is 0.500. The normalized spacial score (nSPS) is 25.9. The van der Waals surface area contributed by atoms with Crippen LogP contribution in [0, 0.1) is 29.0 Å². The molecule has 1 heterocycles. The Labute approximate surface area is 222 Å². The number of amides is 1. The molecule has 1 aliphatic heterocycles. The Morgan fingerprint density at radius 3 is 2.41 bits per heavy atom. The highest BCUT2D eigenvalue weighted by Gasteiger charge is 2.50. The van der Waals surface area contributed by atoms with Crippen LogP contribution in [-0.2, 0) is 14.6 Å². The van der Waals surface area contributed by atoms with E-state index in [1.807, 2.05) is 12.1 Å². The quantitative estimate of drug-likeness (QED) is 0.546. The summed E-state index contributed by atoms with van der Waals surface area (Å²) in [5.74, 6) is -0.722. The van der Waals surface area contributed by atoms with Gasteiger partial charge in [-0.3, -0.25) is 4.79 Å². The number of rotatable bonds is 7. The van der Waals surface area contributed by atoms with Crippen LogP contribution in [0.2, 0.25) is 5.02 Å². The van der Waals surface area contributed by atoms with Gasteiger partial charge in [-0.1, -0.05) is 35.9 Å². The van der Waals surface area contributed by atoms with Gasteiger partial charge in [0.15, 0.2) is 9.84 Å². The summed E-state index contributed by atoms with van der Waals surface area (Å²) in [6.07, 6.45) is 3.71. The van der Waals surface area contributed by atoms with Gasteiger partial charge < -0.3 is 10.2 Å². The molecule has 0 spiro atoms. The molecule has 196 valence electrons. The fourth-order valence-corrected chi connectivity index (χ4v) is 8.33. The van der Waals surface area contributed by atoms with Crippen LogP contribution in [0.25, 0.3) is 0 Å². The lowest BCUT2D eigenvalue weighted by Gasteiger charge is -2.35. The summed E-state index contributed by atoms with van der Waals surface area (Å²) in [4.78, 5) is 15.7. The number of nitrogens with one attached hydrogen (secondary N) is 1. The molecule has 5 rings (SSSR count). The second kappa shape index (κ2) is 10.4. The molecule has 3 atom stereocenters. The Balaban J connectivity index is 1.30. The lowest BCUT2D eigenvalue weighted by Crippen LogP contribution is -2.44. The van der Waals surface area contributed by atoms with E-state index < -0.39 is 26.5 Å². The maximum absolute atomic E-state index is 13.5. The Hall–Kier alpha value is -2.47. The molecule has 2 saturated carbocycles. The molecule has 2 aromatic carbocycles. The molecule has 1 saturated heterocycles. The average Bonchev–Trinajstić information content (AvgIpc) is 3.53. The van der Waals surface area contributed by atoms with E-state index in [0.717, 1.165) is 31.5 Å². The third kappa shape index (κ3) is 5.55. The molecule has 0 radical (unpaired) electrons. The fourth-order valence-electron chi connectivity index (χ4n) is 5.94. The van der Waals surface area contributed by atoms with Gasteiger partial charge in [0.05, 0.1) is 21.2 Å². The standard InChI is InChI=1S/C28H31ClFN3O3S/c29-25-3-1-2-4-26(25)37(35,36)23-15-21(24(16-23)27(34)32-28(18-31)11-12-28)17-33-13-9-20(10-14-33)19-5-7-22(30)8-6-19/h1-8,20-21,23-24H,9-17H2,(H,32,34)/t21-,23+,24+/m0/s1. The first-order valence-corrected chi connectivity index (χ1v) is 14.8. The second-order valence-corrected chi connectivity index (χ2v) is 13.3. The zero-order valence-electron chi connectivity index (χ0n) is 20.6. The number of hydrogen-bond acceptors (Lipinski definition) is 5. The van der Waals surface area contributed by atoms with Crippen LogP contribution in [0.3, 0.4) is 0 Å². The first kappa shape index (κ1) is 26.1. The average molecular weight is 544 g/mol. The predicted octanol–water partition coefficient (Wildman–Crippen LogP) is 4.70. The van der Waals surface area contributed by atoms with Crippen molar-refractivity contribution in [1.82, 2.24) is 10.2 Å². The van der Waals surface area contributed by atoms with E-state index in [-0.39, 0.29) is 34.0 Å². The molecule has 3 fully saturated rings. The van der Waals surface area contributed by atoms with E-state index in [4.69, 9.17) is 11.6 Å². The minimum absolute atomic E-state index is 0.109. The van der Waals surface area contributed by atoms with Crippen molar-refractivity contribution < 1.29 is 17.6 Å². The summed E-state index contributed by atoms with van der Waals surface area (Å²) in [6.45, 7) is 2.29. The number of piperidine rings is 1. The van der Waals surface area contributed by atoms with Gasteiger partial charge >= 0.3 is 0 Å². The van der Waals surface area contributed by atoms with E-state index in [0.29, 0.717) is 31.7 Å². The molecule has 2 aliphatic carbocycles. The predicted molar refractivity (Wildman–Crippen MR) is 139 cm³/mol.